The van der Waals surface area contributed by atoms with E-state index in [9.17, 15) is 5.11 Å². The van der Waals surface area contributed by atoms with Crippen molar-refractivity contribution in [1.82, 2.24) is 4.90 Å². The molecule has 0 saturated carbocycles. The summed E-state index contributed by atoms with van der Waals surface area (Å²) < 4.78 is 11.5. The second kappa shape index (κ2) is 6.12. The Balaban J connectivity index is 1.73. The first kappa shape index (κ1) is 13.9. The SMILES string of the molecule is CCOc1ccccc1C(O)C1CN2CCCC2CO1. The van der Waals surface area contributed by atoms with E-state index in [0.717, 1.165) is 31.0 Å². The highest BCUT2D eigenvalue weighted by molar-refractivity contribution is 5.35. The standard InChI is InChI=1S/C16H23NO3/c1-2-19-14-8-4-3-7-13(14)16(18)15-10-17-9-5-6-12(17)11-20-15/h3-4,7-8,12,15-16,18H,2,5-6,9-11H2,1H3. The van der Waals surface area contributed by atoms with Crippen molar-refractivity contribution in [2.24, 2.45) is 0 Å². The Bertz CT molecular complexity index is 451. The number of aliphatic hydroxyl groups excluding tert-OH is 1. The lowest BCUT2D eigenvalue weighted by Crippen LogP contribution is -2.48. The molecule has 110 valence electrons. The van der Waals surface area contributed by atoms with Crippen LogP contribution in [0.5, 0.6) is 5.75 Å². The first-order valence-corrected chi connectivity index (χ1v) is 7.55. The molecule has 2 aliphatic heterocycles. The van der Waals surface area contributed by atoms with E-state index < -0.39 is 6.10 Å². The summed E-state index contributed by atoms with van der Waals surface area (Å²) in [6.07, 6.45) is 1.68. The summed E-state index contributed by atoms with van der Waals surface area (Å²) in [7, 11) is 0. The van der Waals surface area contributed by atoms with E-state index in [2.05, 4.69) is 4.90 Å². The summed E-state index contributed by atoms with van der Waals surface area (Å²) in [6, 6.07) is 8.25. The predicted molar refractivity (Wildman–Crippen MR) is 76.9 cm³/mol. The lowest BCUT2D eigenvalue weighted by atomic mass is 10.0. The third-order valence-electron chi connectivity index (χ3n) is 4.31. The zero-order chi connectivity index (χ0) is 13.9. The number of hydrogen-bond donors (Lipinski definition) is 1. The third kappa shape index (κ3) is 2.68. The van der Waals surface area contributed by atoms with Crippen molar-refractivity contribution in [3.8, 4) is 5.75 Å². The Morgan fingerprint density at radius 3 is 3.15 bits per heavy atom. The molecule has 0 spiro atoms. The number of morpholine rings is 1. The van der Waals surface area contributed by atoms with Crippen LogP contribution in [0, 0.1) is 0 Å². The molecule has 2 heterocycles. The second-order valence-electron chi connectivity index (χ2n) is 5.58. The van der Waals surface area contributed by atoms with Crippen molar-refractivity contribution in [2.45, 2.75) is 38.0 Å². The Morgan fingerprint density at radius 1 is 1.45 bits per heavy atom. The van der Waals surface area contributed by atoms with Crippen LogP contribution < -0.4 is 4.74 Å². The molecule has 0 amide bonds. The molecule has 20 heavy (non-hydrogen) atoms. The van der Waals surface area contributed by atoms with Crippen LogP contribution in [0.4, 0.5) is 0 Å². The molecule has 2 aliphatic rings. The second-order valence-corrected chi connectivity index (χ2v) is 5.58. The highest BCUT2D eigenvalue weighted by atomic mass is 16.5. The van der Waals surface area contributed by atoms with Gasteiger partial charge in [0.15, 0.2) is 0 Å². The minimum absolute atomic E-state index is 0.161. The summed E-state index contributed by atoms with van der Waals surface area (Å²) in [5.74, 6) is 0.759. The van der Waals surface area contributed by atoms with Crippen LogP contribution in [0.3, 0.4) is 0 Å². The maximum Gasteiger partial charge on any atom is 0.125 e. The van der Waals surface area contributed by atoms with Crippen molar-refractivity contribution >= 4 is 0 Å². The monoisotopic (exact) mass is 277 g/mol. The van der Waals surface area contributed by atoms with Crippen molar-refractivity contribution < 1.29 is 14.6 Å². The van der Waals surface area contributed by atoms with Gasteiger partial charge in [-0.25, -0.2) is 0 Å². The summed E-state index contributed by atoms with van der Waals surface area (Å²) in [5.41, 5.74) is 0.831. The first-order chi connectivity index (χ1) is 9.79. The van der Waals surface area contributed by atoms with Crippen LogP contribution in [0.2, 0.25) is 0 Å². The Labute approximate surface area is 120 Å². The van der Waals surface area contributed by atoms with Crippen molar-refractivity contribution in [3.63, 3.8) is 0 Å². The van der Waals surface area contributed by atoms with E-state index in [1.807, 2.05) is 31.2 Å². The molecule has 0 radical (unpaired) electrons. The molecule has 1 aromatic carbocycles. The highest BCUT2D eigenvalue weighted by Gasteiger charge is 2.36. The predicted octanol–water partition coefficient (Wildman–Crippen LogP) is 1.98. The lowest BCUT2D eigenvalue weighted by Gasteiger charge is -2.37. The van der Waals surface area contributed by atoms with Gasteiger partial charge in [-0.3, -0.25) is 4.90 Å². The summed E-state index contributed by atoms with van der Waals surface area (Å²) in [5, 5.41) is 10.6. The number of benzene rings is 1. The number of hydrogen-bond acceptors (Lipinski definition) is 4. The third-order valence-corrected chi connectivity index (χ3v) is 4.31. The lowest BCUT2D eigenvalue weighted by molar-refractivity contribution is -0.104. The molecule has 0 bridgehead atoms. The summed E-state index contributed by atoms with van der Waals surface area (Å²) in [6.45, 7) is 5.23. The molecule has 3 atom stereocenters. The van der Waals surface area contributed by atoms with Gasteiger partial charge in [-0.2, -0.15) is 0 Å². The number of ether oxygens (including phenoxy) is 2. The van der Waals surface area contributed by atoms with Gasteiger partial charge in [0.2, 0.25) is 0 Å². The van der Waals surface area contributed by atoms with Crippen LogP contribution in [0.1, 0.15) is 31.4 Å². The minimum Gasteiger partial charge on any atom is -0.493 e. The van der Waals surface area contributed by atoms with Gasteiger partial charge in [-0.05, 0) is 32.4 Å². The van der Waals surface area contributed by atoms with Crippen LogP contribution >= 0.6 is 0 Å². The molecule has 4 heteroatoms. The fourth-order valence-corrected chi connectivity index (χ4v) is 3.25. The van der Waals surface area contributed by atoms with Crippen molar-refractivity contribution in [3.05, 3.63) is 29.8 Å². The summed E-state index contributed by atoms with van der Waals surface area (Å²) in [4.78, 5) is 2.45. The smallest absolute Gasteiger partial charge is 0.125 e. The van der Waals surface area contributed by atoms with Gasteiger partial charge in [0, 0.05) is 18.2 Å². The molecule has 2 saturated heterocycles. The van der Waals surface area contributed by atoms with Gasteiger partial charge >= 0.3 is 0 Å². The average molecular weight is 277 g/mol. The van der Waals surface area contributed by atoms with Gasteiger partial charge in [-0.15, -0.1) is 0 Å². The van der Waals surface area contributed by atoms with E-state index in [1.165, 1.54) is 12.8 Å². The number of fused-ring (bicyclic) bond motifs is 1. The van der Waals surface area contributed by atoms with Crippen LogP contribution in [0.25, 0.3) is 0 Å². The molecule has 1 aromatic rings. The van der Waals surface area contributed by atoms with E-state index in [0.29, 0.717) is 12.6 Å². The molecule has 3 unspecified atom stereocenters. The van der Waals surface area contributed by atoms with E-state index in [-0.39, 0.29) is 6.10 Å². The number of aliphatic hydroxyl groups is 1. The maximum atomic E-state index is 10.6. The minimum atomic E-state index is -0.626. The van der Waals surface area contributed by atoms with Crippen LogP contribution in [-0.2, 0) is 4.74 Å². The molecule has 3 rings (SSSR count). The van der Waals surface area contributed by atoms with E-state index in [4.69, 9.17) is 9.47 Å². The van der Waals surface area contributed by atoms with Crippen molar-refractivity contribution in [1.29, 1.82) is 0 Å². The molecule has 4 nitrogen and oxygen atoms in total. The van der Waals surface area contributed by atoms with E-state index >= 15 is 0 Å². The van der Waals surface area contributed by atoms with Gasteiger partial charge in [0.1, 0.15) is 18.0 Å². The molecule has 2 fully saturated rings. The van der Waals surface area contributed by atoms with Crippen LogP contribution in [0.15, 0.2) is 24.3 Å². The normalized spacial score (nSPS) is 28.1. The number of rotatable bonds is 4. The van der Waals surface area contributed by atoms with Gasteiger partial charge in [0.25, 0.3) is 0 Å². The molecule has 0 aliphatic carbocycles. The summed E-state index contributed by atoms with van der Waals surface area (Å²) >= 11 is 0. The molecular formula is C16H23NO3. The zero-order valence-electron chi connectivity index (χ0n) is 12.0. The van der Waals surface area contributed by atoms with E-state index in [1.54, 1.807) is 0 Å². The molecule has 0 aromatic heterocycles. The van der Waals surface area contributed by atoms with Gasteiger partial charge < -0.3 is 14.6 Å². The first-order valence-electron chi connectivity index (χ1n) is 7.55. The quantitative estimate of drug-likeness (QED) is 0.914. The van der Waals surface area contributed by atoms with Crippen LogP contribution in [-0.4, -0.2) is 48.5 Å². The van der Waals surface area contributed by atoms with Gasteiger partial charge in [-0.1, -0.05) is 18.2 Å². The zero-order valence-corrected chi connectivity index (χ0v) is 12.0. The Kier molecular flexibility index (Phi) is 4.24. The van der Waals surface area contributed by atoms with Crippen molar-refractivity contribution in [2.75, 3.05) is 26.3 Å². The maximum absolute atomic E-state index is 10.6. The molecular weight excluding hydrogens is 254 g/mol. The molecule has 1 N–H and O–H groups in total. The van der Waals surface area contributed by atoms with Gasteiger partial charge in [0.05, 0.1) is 13.2 Å². The fraction of sp³-hybridized carbons (Fsp3) is 0.625. The highest BCUT2D eigenvalue weighted by Crippen LogP contribution is 2.32. The topological polar surface area (TPSA) is 41.9 Å². The largest absolute Gasteiger partial charge is 0.493 e. The average Bonchev–Trinajstić information content (AvgIpc) is 2.95. The fourth-order valence-electron chi connectivity index (χ4n) is 3.25. The Morgan fingerprint density at radius 2 is 2.30 bits per heavy atom. The Hall–Kier alpha value is -1.10. The number of nitrogens with zero attached hydrogens (tertiary/aromatic N) is 1. The number of para-hydroxylation sites is 1.